The smallest absolute Gasteiger partial charge is 0.330 e. The summed E-state index contributed by atoms with van der Waals surface area (Å²) in [6.45, 7) is 1.27. The van der Waals surface area contributed by atoms with Gasteiger partial charge in [0.2, 0.25) is 0 Å². The van der Waals surface area contributed by atoms with E-state index < -0.39 is 25.0 Å². The molecule has 0 aliphatic carbocycles. The van der Waals surface area contributed by atoms with Crippen molar-refractivity contribution >= 4 is 0 Å². The van der Waals surface area contributed by atoms with Gasteiger partial charge in [-0.3, -0.25) is 0 Å². The van der Waals surface area contributed by atoms with Gasteiger partial charge in [0.15, 0.2) is 0 Å². The summed E-state index contributed by atoms with van der Waals surface area (Å²) >= 11 is 0. The fraction of sp³-hybridized carbons (Fsp3) is 0.750. The number of hydrogen-bond donors (Lipinski definition) is 1. The Morgan fingerprint density at radius 3 is 2.70 bits per heavy atom. The molecule has 1 aromatic heterocycles. The predicted molar refractivity (Wildman–Crippen MR) is 66.1 cm³/mol. The van der Waals surface area contributed by atoms with Crippen LogP contribution in [0.4, 0.5) is 17.6 Å². The summed E-state index contributed by atoms with van der Waals surface area (Å²) in [6, 6.07) is -0.426. The third-order valence-corrected chi connectivity index (χ3v) is 2.77. The van der Waals surface area contributed by atoms with Gasteiger partial charge in [-0.1, -0.05) is 6.92 Å². The van der Waals surface area contributed by atoms with Gasteiger partial charge in [0, 0.05) is 18.9 Å². The van der Waals surface area contributed by atoms with Gasteiger partial charge >= 0.3 is 12.3 Å². The van der Waals surface area contributed by atoms with Crippen molar-refractivity contribution in [2.75, 3.05) is 20.3 Å². The van der Waals surface area contributed by atoms with Crippen LogP contribution in [0.25, 0.3) is 0 Å². The molecule has 0 saturated heterocycles. The van der Waals surface area contributed by atoms with Gasteiger partial charge in [0.25, 0.3) is 0 Å². The molecule has 1 heterocycles. The first kappa shape index (κ1) is 16.9. The standard InChI is InChI=1S/C12H19F4N3O/c1-3-5-19-6-4-18-10(19)9(17-2)7-20-8-12(15,16)11(13)14/h4,6,9,11,17H,3,5,7-8H2,1-2H3. The first-order valence-electron chi connectivity index (χ1n) is 6.34. The van der Waals surface area contributed by atoms with Gasteiger partial charge in [-0.25, -0.2) is 13.8 Å². The third-order valence-electron chi connectivity index (χ3n) is 2.77. The molecule has 0 bridgehead atoms. The number of nitrogens with one attached hydrogen (secondary N) is 1. The Morgan fingerprint density at radius 2 is 2.15 bits per heavy atom. The number of rotatable bonds is 9. The normalized spacial score (nSPS) is 13.9. The van der Waals surface area contributed by atoms with Crippen molar-refractivity contribution in [3.8, 4) is 0 Å². The first-order chi connectivity index (χ1) is 9.42. The molecule has 0 radical (unpaired) electrons. The van der Waals surface area contributed by atoms with E-state index in [2.05, 4.69) is 10.3 Å². The summed E-state index contributed by atoms with van der Waals surface area (Å²) in [4.78, 5) is 4.14. The molecule has 0 aliphatic rings. The molecule has 0 spiro atoms. The maximum atomic E-state index is 12.7. The molecule has 0 saturated carbocycles. The summed E-state index contributed by atoms with van der Waals surface area (Å²) in [5.41, 5.74) is 0. The molecule has 1 atom stereocenters. The largest absolute Gasteiger partial charge is 0.373 e. The van der Waals surface area contributed by atoms with E-state index in [1.165, 1.54) is 0 Å². The van der Waals surface area contributed by atoms with Crippen molar-refractivity contribution in [2.24, 2.45) is 0 Å². The lowest BCUT2D eigenvalue weighted by Crippen LogP contribution is -2.34. The predicted octanol–water partition coefficient (Wildman–Crippen LogP) is 2.47. The number of nitrogens with zero attached hydrogens (tertiary/aromatic N) is 2. The van der Waals surface area contributed by atoms with E-state index in [0.717, 1.165) is 13.0 Å². The molecular formula is C12H19F4N3O. The summed E-state index contributed by atoms with van der Waals surface area (Å²) in [5, 5.41) is 2.88. The van der Waals surface area contributed by atoms with Crippen LogP contribution in [-0.2, 0) is 11.3 Å². The highest BCUT2D eigenvalue weighted by molar-refractivity contribution is 4.99. The van der Waals surface area contributed by atoms with Crippen molar-refractivity contribution in [2.45, 2.75) is 38.3 Å². The molecule has 1 aromatic rings. The van der Waals surface area contributed by atoms with E-state index >= 15 is 0 Å². The van der Waals surface area contributed by atoms with E-state index in [1.54, 1.807) is 19.4 Å². The lowest BCUT2D eigenvalue weighted by molar-refractivity contribution is -0.167. The van der Waals surface area contributed by atoms with Crippen molar-refractivity contribution in [1.29, 1.82) is 0 Å². The highest BCUT2D eigenvalue weighted by Gasteiger charge is 2.41. The quantitative estimate of drug-likeness (QED) is 0.712. The number of halogens is 4. The van der Waals surface area contributed by atoms with Crippen molar-refractivity contribution in [1.82, 2.24) is 14.9 Å². The van der Waals surface area contributed by atoms with Crippen molar-refractivity contribution in [3.63, 3.8) is 0 Å². The minimum atomic E-state index is -4.13. The number of imidazole rings is 1. The Bertz CT molecular complexity index is 398. The fourth-order valence-corrected chi connectivity index (χ4v) is 1.72. The van der Waals surface area contributed by atoms with Crippen LogP contribution in [0.3, 0.4) is 0 Å². The molecule has 1 rings (SSSR count). The second kappa shape index (κ2) is 7.58. The molecule has 0 fully saturated rings. The summed E-state index contributed by atoms with van der Waals surface area (Å²) in [7, 11) is 1.63. The molecule has 20 heavy (non-hydrogen) atoms. The topological polar surface area (TPSA) is 39.1 Å². The van der Waals surface area contributed by atoms with E-state index in [0.29, 0.717) is 5.82 Å². The van der Waals surface area contributed by atoms with E-state index in [-0.39, 0.29) is 6.61 Å². The van der Waals surface area contributed by atoms with Crippen molar-refractivity contribution < 1.29 is 22.3 Å². The van der Waals surface area contributed by atoms with Crippen LogP contribution < -0.4 is 5.32 Å². The Kier molecular flexibility index (Phi) is 6.41. The van der Waals surface area contributed by atoms with Gasteiger partial charge in [-0.15, -0.1) is 0 Å². The molecule has 0 amide bonds. The van der Waals surface area contributed by atoms with Gasteiger partial charge < -0.3 is 14.6 Å². The minimum Gasteiger partial charge on any atom is -0.373 e. The Morgan fingerprint density at radius 1 is 1.45 bits per heavy atom. The second-order valence-electron chi connectivity index (χ2n) is 4.40. The van der Waals surface area contributed by atoms with E-state index in [9.17, 15) is 17.6 Å². The van der Waals surface area contributed by atoms with Crippen LogP contribution in [0, 0.1) is 0 Å². The molecule has 8 heteroatoms. The zero-order chi connectivity index (χ0) is 15.2. The minimum absolute atomic E-state index is 0.153. The molecule has 0 aliphatic heterocycles. The maximum absolute atomic E-state index is 12.7. The lowest BCUT2D eigenvalue weighted by Gasteiger charge is -2.20. The first-order valence-corrected chi connectivity index (χ1v) is 6.34. The summed E-state index contributed by atoms with van der Waals surface area (Å²) in [6.07, 6.45) is 0.544. The molecule has 1 N–H and O–H groups in total. The number of alkyl halides is 4. The molecule has 0 aromatic carbocycles. The number of likely N-dealkylation sites (N-methyl/N-ethyl adjacent to an activating group) is 1. The monoisotopic (exact) mass is 297 g/mol. The number of ether oxygens (including phenoxy) is 1. The van der Waals surface area contributed by atoms with Gasteiger partial charge in [-0.2, -0.15) is 8.78 Å². The number of aromatic nitrogens is 2. The van der Waals surface area contributed by atoms with Gasteiger partial charge in [0.1, 0.15) is 12.4 Å². The zero-order valence-electron chi connectivity index (χ0n) is 11.5. The average Bonchev–Trinajstić information content (AvgIpc) is 2.83. The third kappa shape index (κ3) is 4.45. The number of aryl methyl sites for hydroxylation is 1. The second-order valence-corrected chi connectivity index (χ2v) is 4.40. The average molecular weight is 297 g/mol. The van der Waals surface area contributed by atoms with Crippen LogP contribution in [0.15, 0.2) is 12.4 Å². The van der Waals surface area contributed by atoms with Crippen LogP contribution in [0.1, 0.15) is 25.2 Å². The molecule has 116 valence electrons. The van der Waals surface area contributed by atoms with Crippen LogP contribution in [-0.4, -0.2) is 42.2 Å². The van der Waals surface area contributed by atoms with Gasteiger partial charge in [-0.05, 0) is 13.5 Å². The van der Waals surface area contributed by atoms with Crippen molar-refractivity contribution in [3.05, 3.63) is 18.2 Å². The zero-order valence-corrected chi connectivity index (χ0v) is 11.5. The van der Waals surface area contributed by atoms with Crippen LogP contribution >= 0.6 is 0 Å². The van der Waals surface area contributed by atoms with E-state index in [4.69, 9.17) is 4.74 Å². The molecule has 4 nitrogen and oxygen atoms in total. The highest BCUT2D eigenvalue weighted by atomic mass is 19.3. The Hall–Kier alpha value is -1.15. The van der Waals surface area contributed by atoms with Gasteiger partial charge in [0.05, 0.1) is 12.6 Å². The SMILES string of the molecule is CCCn1ccnc1C(COCC(F)(F)C(F)F)NC. The maximum Gasteiger partial charge on any atom is 0.330 e. The fourth-order valence-electron chi connectivity index (χ4n) is 1.72. The number of hydrogen-bond acceptors (Lipinski definition) is 3. The Balaban J connectivity index is 2.57. The molecular weight excluding hydrogens is 278 g/mol. The lowest BCUT2D eigenvalue weighted by atomic mass is 10.3. The van der Waals surface area contributed by atoms with E-state index in [1.807, 2.05) is 11.5 Å². The van der Waals surface area contributed by atoms with Crippen LogP contribution in [0.2, 0.25) is 0 Å². The highest BCUT2D eigenvalue weighted by Crippen LogP contribution is 2.23. The summed E-state index contributed by atoms with van der Waals surface area (Å²) in [5.74, 6) is -3.49. The summed E-state index contributed by atoms with van der Waals surface area (Å²) < 4.78 is 56.0. The molecule has 1 unspecified atom stereocenters. The van der Waals surface area contributed by atoms with Crippen LogP contribution in [0.5, 0.6) is 0 Å². The Labute approximate surface area is 115 Å².